The Morgan fingerprint density at radius 2 is 1.81 bits per heavy atom. The highest BCUT2D eigenvalue weighted by Gasteiger charge is 2.24. The molecule has 2 aromatic carbocycles. The lowest BCUT2D eigenvalue weighted by Crippen LogP contribution is -2.44. The van der Waals surface area contributed by atoms with Crippen LogP contribution in [0.15, 0.2) is 36.4 Å². The zero-order valence-electron chi connectivity index (χ0n) is 15.3. The van der Waals surface area contributed by atoms with Gasteiger partial charge in [0.15, 0.2) is 0 Å². The van der Waals surface area contributed by atoms with Crippen LogP contribution in [-0.4, -0.2) is 44.1 Å². The minimum Gasteiger partial charge on any atom is -0.497 e. The fraction of sp³-hybridized carbons (Fsp3) is 0.350. The van der Waals surface area contributed by atoms with E-state index in [1.165, 1.54) is 31.4 Å². The predicted octanol–water partition coefficient (Wildman–Crippen LogP) is 3.89. The van der Waals surface area contributed by atoms with Crippen LogP contribution in [0.5, 0.6) is 5.75 Å². The van der Waals surface area contributed by atoms with Gasteiger partial charge in [-0.1, -0.05) is 6.07 Å². The average molecular weight is 397 g/mol. The Bertz CT molecular complexity index is 809. The number of amides is 1. The standard InChI is InChI=1S/C20H22F2N2O2.ClH/c1-23-14-7-9-24(10-8-14)20(25)17-5-3-13(11-18(17)21)16-6-4-15(26-2)12-19(16)22;/h3-6,11-12,14,23H,7-10H2,1-2H3;1H. The van der Waals surface area contributed by atoms with E-state index >= 15 is 0 Å². The van der Waals surface area contributed by atoms with Crippen molar-refractivity contribution >= 4 is 18.3 Å². The lowest BCUT2D eigenvalue weighted by atomic mass is 10.0. The van der Waals surface area contributed by atoms with Crippen LogP contribution >= 0.6 is 12.4 Å². The number of nitrogens with zero attached hydrogens (tertiary/aromatic N) is 1. The van der Waals surface area contributed by atoms with Crippen LogP contribution < -0.4 is 10.1 Å². The van der Waals surface area contributed by atoms with E-state index in [9.17, 15) is 13.6 Å². The van der Waals surface area contributed by atoms with E-state index < -0.39 is 11.6 Å². The van der Waals surface area contributed by atoms with Gasteiger partial charge in [0, 0.05) is 30.8 Å². The molecule has 0 saturated carbocycles. The van der Waals surface area contributed by atoms with Gasteiger partial charge in [0.1, 0.15) is 17.4 Å². The highest BCUT2D eigenvalue weighted by Crippen LogP contribution is 2.28. The van der Waals surface area contributed by atoms with E-state index in [4.69, 9.17) is 4.74 Å². The van der Waals surface area contributed by atoms with Crippen molar-refractivity contribution in [2.45, 2.75) is 18.9 Å². The van der Waals surface area contributed by atoms with Gasteiger partial charge in [-0.2, -0.15) is 0 Å². The first kappa shape index (κ1) is 21.1. The number of nitrogens with one attached hydrogen (secondary N) is 1. The smallest absolute Gasteiger partial charge is 0.256 e. The van der Waals surface area contributed by atoms with Crippen molar-refractivity contribution in [3.63, 3.8) is 0 Å². The van der Waals surface area contributed by atoms with Gasteiger partial charge in [-0.05, 0) is 49.7 Å². The molecule has 3 rings (SSSR count). The minimum absolute atomic E-state index is 0. The molecule has 1 amide bonds. The number of methoxy groups -OCH3 is 1. The maximum atomic E-state index is 14.6. The second-order valence-electron chi connectivity index (χ2n) is 6.40. The molecule has 0 radical (unpaired) electrons. The average Bonchev–Trinajstić information content (AvgIpc) is 2.67. The summed E-state index contributed by atoms with van der Waals surface area (Å²) in [5.41, 5.74) is 0.664. The zero-order chi connectivity index (χ0) is 18.7. The molecule has 7 heteroatoms. The number of ether oxygens (including phenoxy) is 1. The number of hydrogen-bond donors (Lipinski definition) is 1. The number of carbonyl (C=O) groups is 1. The molecule has 1 aliphatic heterocycles. The molecular formula is C20H23ClF2N2O2. The largest absolute Gasteiger partial charge is 0.497 e. The Kier molecular flexibility index (Phi) is 7.16. The Hall–Kier alpha value is -2.18. The number of hydrogen-bond acceptors (Lipinski definition) is 3. The highest BCUT2D eigenvalue weighted by molar-refractivity contribution is 5.95. The number of piperidine rings is 1. The fourth-order valence-corrected chi connectivity index (χ4v) is 3.25. The molecule has 1 N–H and O–H groups in total. The third kappa shape index (κ3) is 4.57. The number of benzene rings is 2. The third-order valence-electron chi connectivity index (χ3n) is 4.88. The SMILES string of the molecule is CNC1CCN(C(=O)c2ccc(-c3ccc(OC)cc3F)cc2F)CC1.Cl. The third-order valence-corrected chi connectivity index (χ3v) is 4.88. The Morgan fingerprint density at radius 1 is 1.11 bits per heavy atom. The summed E-state index contributed by atoms with van der Waals surface area (Å²) >= 11 is 0. The predicted molar refractivity (Wildman–Crippen MR) is 104 cm³/mol. The number of rotatable bonds is 4. The van der Waals surface area contributed by atoms with Crippen molar-refractivity contribution in [3.8, 4) is 16.9 Å². The van der Waals surface area contributed by atoms with Crippen LogP contribution in [-0.2, 0) is 0 Å². The summed E-state index contributed by atoms with van der Waals surface area (Å²) in [5, 5.41) is 3.20. The van der Waals surface area contributed by atoms with E-state index in [1.807, 2.05) is 7.05 Å². The summed E-state index contributed by atoms with van der Waals surface area (Å²) in [7, 11) is 3.35. The summed E-state index contributed by atoms with van der Waals surface area (Å²) in [6, 6.07) is 9.00. The lowest BCUT2D eigenvalue weighted by Gasteiger charge is -2.32. The molecule has 1 saturated heterocycles. The van der Waals surface area contributed by atoms with Gasteiger partial charge in [-0.15, -0.1) is 12.4 Å². The van der Waals surface area contributed by atoms with Crippen molar-refractivity contribution in [3.05, 3.63) is 53.6 Å². The Balaban J connectivity index is 0.00000261. The molecular weight excluding hydrogens is 374 g/mol. The topological polar surface area (TPSA) is 41.6 Å². The molecule has 0 unspecified atom stereocenters. The first-order valence-electron chi connectivity index (χ1n) is 8.63. The van der Waals surface area contributed by atoms with Crippen LogP contribution in [0.2, 0.25) is 0 Å². The Morgan fingerprint density at radius 3 is 2.37 bits per heavy atom. The van der Waals surface area contributed by atoms with E-state index in [1.54, 1.807) is 17.0 Å². The van der Waals surface area contributed by atoms with Crippen LogP contribution in [0.3, 0.4) is 0 Å². The van der Waals surface area contributed by atoms with Crippen molar-refractivity contribution in [1.82, 2.24) is 10.2 Å². The van der Waals surface area contributed by atoms with Gasteiger partial charge in [0.25, 0.3) is 5.91 Å². The van der Waals surface area contributed by atoms with Gasteiger partial charge < -0.3 is 15.0 Å². The van der Waals surface area contributed by atoms with Gasteiger partial charge in [0.2, 0.25) is 0 Å². The van der Waals surface area contributed by atoms with E-state index in [2.05, 4.69) is 5.32 Å². The summed E-state index contributed by atoms with van der Waals surface area (Å²) in [6.45, 7) is 1.19. The summed E-state index contributed by atoms with van der Waals surface area (Å²) in [5.74, 6) is -1.07. The lowest BCUT2D eigenvalue weighted by molar-refractivity contribution is 0.0702. The maximum absolute atomic E-state index is 14.6. The molecule has 0 aromatic heterocycles. The monoisotopic (exact) mass is 396 g/mol. The molecule has 1 fully saturated rings. The van der Waals surface area contributed by atoms with Crippen molar-refractivity contribution in [1.29, 1.82) is 0 Å². The molecule has 2 aromatic rings. The first-order valence-corrected chi connectivity index (χ1v) is 8.63. The molecule has 0 aliphatic carbocycles. The molecule has 1 aliphatic rings. The molecule has 0 bridgehead atoms. The van der Waals surface area contributed by atoms with Crippen LogP contribution in [0.25, 0.3) is 11.1 Å². The fourth-order valence-electron chi connectivity index (χ4n) is 3.25. The normalized spacial score (nSPS) is 14.6. The first-order chi connectivity index (χ1) is 12.5. The summed E-state index contributed by atoms with van der Waals surface area (Å²) in [6.07, 6.45) is 1.69. The molecule has 1 heterocycles. The van der Waals surface area contributed by atoms with E-state index in [0.717, 1.165) is 12.8 Å². The zero-order valence-corrected chi connectivity index (χ0v) is 16.1. The minimum atomic E-state index is -0.640. The van der Waals surface area contributed by atoms with E-state index in [0.29, 0.717) is 30.4 Å². The van der Waals surface area contributed by atoms with Crippen LogP contribution in [0.4, 0.5) is 8.78 Å². The second kappa shape index (κ2) is 9.15. The second-order valence-corrected chi connectivity index (χ2v) is 6.40. The molecule has 4 nitrogen and oxygen atoms in total. The molecule has 0 atom stereocenters. The summed E-state index contributed by atoms with van der Waals surface area (Å²) in [4.78, 5) is 14.3. The van der Waals surface area contributed by atoms with Gasteiger partial charge in [-0.25, -0.2) is 8.78 Å². The molecule has 146 valence electrons. The number of likely N-dealkylation sites (tertiary alicyclic amines) is 1. The number of halogens is 3. The van der Waals surface area contributed by atoms with Gasteiger partial charge in [0.05, 0.1) is 12.7 Å². The highest BCUT2D eigenvalue weighted by atomic mass is 35.5. The summed E-state index contributed by atoms with van der Waals surface area (Å²) < 4.78 is 33.7. The maximum Gasteiger partial charge on any atom is 0.256 e. The van der Waals surface area contributed by atoms with Gasteiger partial charge >= 0.3 is 0 Å². The van der Waals surface area contributed by atoms with E-state index in [-0.39, 0.29) is 29.4 Å². The van der Waals surface area contributed by atoms with Crippen LogP contribution in [0.1, 0.15) is 23.2 Å². The van der Waals surface area contributed by atoms with Crippen molar-refractivity contribution < 1.29 is 18.3 Å². The molecule has 27 heavy (non-hydrogen) atoms. The van der Waals surface area contributed by atoms with Crippen LogP contribution in [0, 0.1) is 11.6 Å². The van der Waals surface area contributed by atoms with Crippen molar-refractivity contribution in [2.24, 2.45) is 0 Å². The molecule has 0 spiro atoms. The quantitative estimate of drug-likeness (QED) is 0.852. The Labute approximate surface area is 163 Å². The van der Waals surface area contributed by atoms with Gasteiger partial charge in [-0.3, -0.25) is 4.79 Å². The van der Waals surface area contributed by atoms with Crippen molar-refractivity contribution in [2.75, 3.05) is 27.2 Å². The number of carbonyl (C=O) groups excluding carboxylic acids is 1.